The predicted molar refractivity (Wildman–Crippen MR) is 74.1 cm³/mol. The molecule has 0 aliphatic carbocycles. The molecule has 1 heterocycles. The van der Waals surface area contributed by atoms with Gasteiger partial charge in [-0.1, -0.05) is 0 Å². The molecule has 4 N–H and O–H groups in total. The van der Waals surface area contributed by atoms with Gasteiger partial charge in [-0.2, -0.15) is 0 Å². The molecule has 0 radical (unpaired) electrons. The summed E-state index contributed by atoms with van der Waals surface area (Å²) < 4.78 is 4.98. The van der Waals surface area contributed by atoms with Crippen molar-refractivity contribution in [1.29, 1.82) is 0 Å². The Morgan fingerprint density at radius 1 is 1.35 bits per heavy atom. The van der Waals surface area contributed by atoms with Crippen molar-refractivity contribution in [3.8, 4) is 5.75 Å². The van der Waals surface area contributed by atoms with Crippen molar-refractivity contribution in [2.45, 2.75) is 0 Å². The maximum Gasteiger partial charge on any atom is 0.341 e. The lowest BCUT2D eigenvalue weighted by Crippen LogP contribution is -2.12. The Morgan fingerprint density at radius 2 is 2.05 bits per heavy atom. The van der Waals surface area contributed by atoms with Crippen LogP contribution in [-0.4, -0.2) is 28.6 Å². The van der Waals surface area contributed by atoms with Crippen LogP contribution in [0.4, 0.5) is 10.8 Å². The molecule has 8 heteroatoms. The number of rotatable bonds is 5. The molecule has 0 saturated heterocycles. The van der Waals surface area contributed by atoms with Gasteiger partial charge in [0, 0.05) is 11.1 Å². The Labute approximate surface area is 118 Å². The highest BCUT2D eigenvalue weighted by Crippen LogP contribution is 2.17. The molecular formula is C12H11N3O4S. The number of aliphatic carboxylic acids is 1. The first kappa shape index (κ1) is 13.8. The third kappa shape index (κ3) is 3.69. The van der Waals surface area contributed by atoms with Crippen molar-refractivity contribution in [1.82, 2.24) is 4.98 Å². The summed E-state index contributed by atoms with van der Waals surface area (Å²) in [5, 5.41) is 13.0. The van der Waals surface area contributed by atoms with Crippen LogP contribution in [0.15, 0.2) is 29.6 Å². The normalized spacial score (nSPS) is 10.0. The van der Waals surface area contributed by atoms with Gasteiger partial charge < -0.3 is 20.9 Å². The Bertz CT molecular complexity index is 624. The molecule has 20 heavy (non-hydrogen) atoms. The molecule has 0 unspecified atom stereocenters. The van der Waals surface area contributed by atoms with Gasteiger partial charge in [0.1, 0.15) is 11.4 Å². The predicted octanol–water partition coefficient (Wildman–Crippen LogP) is 1.44. The summed E-state index contributed by atoms with van der Waals surface area (Å²) in [7, 11) is 0. The van der Waals surface area contributed by atoms with Crippen LogP contribution in [-0.2, 0) is 4.79 Å². The number of thiazole rings is 1. The Morgan fingerprint density at radius 3 is 2.60 bits per heavy atom. The van der Waals surface area contributed by atoms with Crippen LogP contribution in [0.3, 0.4) is 0 Å². The molecule has 0 aliphatic rings. The molecule has 0 fully saturated rings. The smallest absolute Gasteiger partial charge is 0.341 e. The summed E-state index contributed by atoms with van der Waals surface area (Å²) >= 11 is 1.19. The Kier molecular flexibility index (Phi) is 4.16. The van der Waals surface area contributed by atoms with Gasteiger partial charge >= 0.3 is 5.97 Å². The van der Waals surface area contributed by atoms with Crippen molar-refractivity contribution in [2.75, 3.05) is 17.7 Å². The van der Waals surface area contributed by atoms with Crippen LogP contribution in [0.25, 0.3) is 0 Å². The Balaban J connectivity index is 1.96. The number of carboxylic acid groups (broad SMARTS) is 1. The average Bonchev–Trinajstić information content (AvgIpc) is 2.85. The molecular weight excluding hydrogens is 282 g/mol. The third-order valence-electron chi connectivity index (χ3n) is 2.23. The maximum absolute atomic E-state index is 11.8. The quantitative estimate of drug-likeness (QED) is 0.768. The fourth-order valence-electron chi connectivity index (χ4n) is 1.37. The number of nitrogen functional groups attached to an aromatic ring is 1. The van der Waals surface area contributed by atoms with Crippen LogP contribution < -0.4 is 15.8 Å². The highest BCUT2D eigenvalue weighted by molar-refractivity contribution is 7.13. The molecule has 0 saturated carbocycles. The molecule has 2 aromatic rings. The van der Waals surface area contributed by atoms with E-state index in [0.717, 1.165) is 0 Å². The molecule has 1 aromatic heterocycles. The van der Waals surface area contributed by atoms with Crippen molar-refractivity contribution < 1.29 is 19.4 Å². The van der Waals surface area contributed by atoms with Crippen LogP contribution in [0.2, 0.25) is 0 Å². The number of benzene rings is 1. The van der Waals surface area contributed by atoms with Crippen LogP contribution in [0.5, 0.6) is 5.75 Å². The van der Waals surface area contributed by atoms with Crippen molar-refractivity contribution in [2.24, 2.45) is 0 Å². The van der Waals surface area contributed by atoms with E-state index in [9.17, 15) is 9.59 Å². The number of aromatic nitrogens is 1. The minimum Gasteiger partial charge on any atom is -0.482 e. The number of carbonyl (C=O) groups is 2. The summed E-state index contributed by atoms with van der Waals surface area (Å²) in [6, 6.07) is 6.33. The van der Waals surface area contributed by atoms with E-state index < -0.39 is 12.6 Å². The molecule has 0 spiro atoms. The van der Waals surface area contributed by atoms with Crippen molar-refractivity contribution in [3.63, 3.8) is 0 Å². The number of anilines is 2. The van der Waals surface area contributed by atoms with Gasteiger partial charge in [-0.05, 0) is 24.3 Å². The first-order valence-corrected chi connectivity index (χ1v) is 6.39. The number of nitrogens with two attached hydrogens (primary N) is 1. The highest BCUT2D eigenvalue weighted by atomic mass is 32.1. The van der Waals surface area contributed by atoms with E-state index in [1.54, 1.807) is 29.6 Å². The van der Waals surface area contributed by atoms with Gasteiger partial charge in [0.25, 0.3) is 5.91 Å². The van der Waals surface area contributed by atoms with Crippen LogP contribution in [0, 0.1) is 0 Å². The number of amides is 1. The fourth-order valence-corrected chi connectivity index (χ4v) is 1.91. The number of hydrogen-bond donors (Lipinski definition) is 3. The molecule has 0 bridgehead atoms. The van der Waals surface area contributed by atoms with E-state index in [4.69, 9.17) is 15.6 Å². The van der Waals surface area contributed by atoms with Crippen molar-refractivity contribution >= 4 is 34.0 Å². The fraction of sp³-hybridized carbons (Fsp3) is 0.0833. The summed E-state index contributed by atoms with van der Waals surface area (Å²) in [4.78, 5) is 26.0. The molecule has 1 amide bonds. The van der Waals surface area contributed by atoms with E-state index in [2.05, 4.69) is 10.3 Å². The number of hydrogen-bond acceptors (Lipinski definition) is 6. The van der Waals surface area contributed by atoms with E-state index in [-0.39, 0.29) is 11.6 Å². The zero-order valence-corrected chi connectivity index (χ0v) is 11.0. The number of carbonyl (C=O) groups excluding carboxylic acids is 1. The summed E-state index contributed by atoms with van der Waals surface area (Å²) in [5.74, 6) is -1.01. The monoisotopic (exact) mass is 293 g/mol. The van der Waals surface area contributed by atoms with E-state index in [0.29, 0.717) is 16.6 Å². The molecule has 104 valence electrons. The summed E-state index contributed by atoms with van der Waals surface area (Å²) in [6.45, 7) is -0.413. The van der Waals surface area contributed by atoms with E-state index in [1.165, 1.54) is 11.3 Å². The number of nitrogens with zero attached hydrogens (tertiary/aromatic N) is 1. The molecule has 7 nitrogen and oxygen atoms in total. The second kappa shape index (κ2) is 6.02. The largest absolute Gasteiger partial charge is 0.482 e. The second-order valence-corrected chi connectivity index (χ2v) is 4.62. The lowest BCUT2D eigenvalue weighted by molar-refractivity contribution is -0.139. The van der Waals surface area contributed by atoms with Crippen LogP contribution >= 0.6 is 11.3 Å². The zero-order valence-electron chi connectivity index (χ0n) is 10.2. The van der Waals surface area contributed by atoms with Crippen molar-refractivity contribution in [3.05, 3.63) is 35.3 Å². The van der Waals surface area contributed by atoms with E-state index >= 15 is 0 Å². The average molecular weight is 293 g/mol. The van der Waals surface area contributed by atoms with E-state index in [1.807, 2.05) is 0 Å². The lowest BCUT2D eigenvalue weighted by Gasteiger charge is -2.06. The van der Waals surface area contributed by atoms with Gasteiger partial charge in [-0.25, -0.2) is 9.78 Å². The topological polar surface area (TPSA) is 115 Å². The third-order valence-corrected chi connectivity index (χ3v) is 2.90. The first-order valence-electron chi connectivity index (χ1n) is 5.51. The highest BCUT2D eigenvalue weighted by Gasteiger charge is 2.09. The summed E-state index contributed by atoms with van der Waals surface area (Å²) in [6.07, 6.45) is 0. The zero-order chi connectivity index (χ0) is 14.5. The molecule has 1 aromatic carbocycles. The van der Waals surface area contributed by atoms with Gasteiger partial charge in [0.05, 0.1) is 0 Å². The SMILES string of the molecule is Nc1nc(C(=O)Nc2ccc(OCC(=O)O)cc2)cs1. The second-order valence-electron chi connectivity index (χ2n) is 3.73. The number of nitrogens with one attached hydrogen (secondary N) is 1. The lowest BCUT2D eigenvalue weighted by atomic mass is 10.3. The Hall–Kier alpha value is -2.61. The molecule has 0 aliphatic heterocycles. The number of carboxylic acids is 1. The van der Waals surface area contributed by atoms with Gasteiger partial charge in [-0.3, -0.25) is 4.79 Å². The minimum absolute atomic E-state index is 0.249. The number of ether oxygens (including phenoxy) is 1. The van der Waals surface area contributed by atoms with Crippen LogP contribution in [0.1, 0.15) is 10.5 Å². The molecule has 2 rings (SSSR count). The maximum atomic E-state index is 11.8. The van der Waals surface area contributed by atoms with Gasteiger partial charge in [0.15, 0.2) is 11.7 Å². The van der Waals surface area contributed by atoms with Gasteiger partial charge in [0.2, 0.25) is 0 Å². The molecule has 0 atom stereocenters. The first-order chi connectivity index (χ1) is 9.54. The summed E-state index contributed by atoms with van der Waals surface area (Å²) in [5.41, 5.74) is 6.24. The standard InChI is InChI=1S/C12H11N3O4S/c13-12-15-9(6-20-12)11(18)14-7-1-3-8(4-2-7)19-5-10(16)17/h1-4,6H,5H2,(H2,13,15)(H,14,18)(H,16,17). The minimum atomic E-state index is -1.05. The van der Waals surface area contributed by atoms with Gasteiger partial charge in [-0.15, -0.1) is 11.3 Å².